The van der Waals surface area contributed by atoms with Crippen LogP contribution in [-0.2, 0) is 0 Å². The number of anilines is 1. The molecule has 0 radical (unpaired) electrons. The highest BCUT2D eigenvalue weighted by Gasteiger charge is 2.20. The van der Waals surface area contributed by atoms with Gasteiger partial charge in [-0.15, -0.1) is 0 Å². The van der Waals surface area contributed by atoms with E-state index in [1.165, 1.54) is 0 Å². The average Bonchev–Trinajstić information content (AvgIpc) is 2.64. The van der Waals surface area contributed by atoms with Crippen LogP contribution in [0, 0.1) is 0 Å². The number of ether oxygens (including phenoxy) is 1. The maximum Gasteiger partial charge on any atom is 0.339 e. The Morgan fingerprint density at radius 3 is 2.73 bits per heavy atom. The number of aromatic nitrogens is 2. The van der Waals surface area contributed by atoms with Crippen molar-refractivity contribution in [3.05, 3.63) is 36.0 Å². The summed E-state index contributed by atoms with van der Waals surface area (Å²) in [6.45, 7) is 2.21. The van der Waals surface area contributed by atoms with Gasteiger partial charge in [0, 0.05) is 17.8 Å². The van der Waals surface area contributed by atoms with Crippen molar-refractivity contribution in [3.8, 4) is 17.0 Å². The number of carboxylic acid groups (broad SMARTS) is 1. The van der Waals surface area contributed by atoms with Gasteiger partial charge in [-0.2, -0.15) is 0 Å². The lowest BCUT2D eigenvalue weighted by atomic mass is 9.93. The van der Waals surface area contributed by atoms with Crippen molar-refractivity contribution in [2.24, 2.45) is 0 Å². The number of rotatable bonds is 6. The van der Waals surface area contributed by atoms with Crippen LogP contribution in [0.5, 0.6) is 5.75 Å². The van der Waals surface area contributed by atoms with Gasteiger partial charge in [-0.05, 0) is 56.9 Å². The van der Waals surface area contributed by atoms with Crippen LogP contribution in [0.3, 0.4) is 0 Å². The number of aromatic carboxylic acids is 1. The van der Waals surface area contributed by atoms with Gasteiger partial charge < -0.3 is 20.3 Å². The fraction of sp³-hybridized carbons (Fsp3) is 0.421. The van der Waals surface area contributed by atoms with E-state index in [1.807, 2.05) is 6.92 Å². The van der Waals surface area contributed by atoms with Gasteiger partial charge in [-0.25, -0.2) is 14.8 Å². The summed E-state index contributed by atoms with van der Waals surface area (Å²) in [7, 11) is 0. The fourth-order valence-corrected chi connectivity index (χ4v) is 3.13. The molecule has 1 aromatic carbocycles. The van der Waals surface area contributed by atoms with Crippen LogP contribution < -0.4 is 10.1 Å². The monoisotopic (exact) mass is 357 g/mol. The quantitative estimate of drug-likeness (QED) is 0.730. The molecular weight excluding hydrogens is 334 g/mol. The van der Waals surface area contributed by atoms with Gasteiger partial charge >= 0.3 is 5.97 Å². The Bertz CT molecular complexity index is 773. The summed E-state index contributed by atoms with van der Waals surface area (Å²) in [5.41, 5.74) is 1.44. The average molecular weight is 357 g/mol. The maximum absolute atomic E-state index is 11.5. The van der Waals surface area contributed by atoms with E-state index in [0.717, 1.165) is 25.7 Å². The second kappa shape index (κ2) is 8.14. The number of hydrogen-bond acceptors (Lipinski definition) is 6. The van der Waals surface area contributed by atoms with Gasteiger partial charge in [0.05, 0.1) is 18.4 Å². The number of benzene rings is 1. The molecule has 1 saturated carbocycles. The standard InChI is InChI=1S/C19H23N3O4/c1-2-26-17-8-3-12(11-15(17)18(24)25)16-9-10-20-19(22-16)21-13-4-6-14(23)7-5-13/h3,8-11,13-14,23H,2,4-7H2,1H3,(H,24,25)(H,20,21,22). The number of hydrogen-bond donors (Lipinski definition) is 3. The second-order valence-corrected chi connectivity index (χ2v) is 6.36. The third-order valence-electron chi connectivity index (χ3n) is 4.49. The smallest absolute Gasteiger partial charge is 0.339 e. The van der Waals surface area contributed by atoms with Gasteiger partial charge in [0.15, 0.2) is 0 Å². The highest BCUT2D eigenvalue weighted by atomic mass is 16.5. The summed E-state index contributed by atoms with van der Waals surface area (Å²) in [4.78, 5) is 20.3. The summed E-state index contributed by atoms with van der Waals surface area (Å²) >= 11 is 0. The molecule has 7 heteroatoms. The molecule has 7 nitrogen and oxygen atoms in total. The zero-order valence-electron chi connectivity index (χ0n) is 14.7. The number of nitrogens with zero attached hydrogens (tertiary/aromatic N) is 2. The van der Waals surface area contributed by atoms with E-state index < -0.39 is 5.97 Å². The molecule has 138 valence electrons. The zero-order chi connectivity index (χ0) is 18.5. The normalized spacial score (nSPS) is 19.8. The van der Waals surface area contributed by atoms with E-state index >= 15 is 0 Å². The first-order valence-electron chi connectivity index (χ1n) is 8.85. The van der Waals surface area contributed by atoms with Crippen molar-refractivity contribution >= 4 is 11.9 Å². The van der Waals surface area contributed by atoms with Gasteiger partial charge in [-0.1, -0.05) is 0 Å². The van der Waals surface area contributed by atoms with Crippen LogP contribution in [0.2, 0.25) is 0 Å². The Morgan fingerprint density at radius 1 is 1.27 bits per heavy atom. The predicted molar refractivity (Wildman–Crippen MR) is 97.5 cm³/mol. The van der Waals surface area contributed by atoms with Crippen LogP contribution in [0.1, 0.15) is 43.0 Å². The Balaban J connectivity index is 1.81. The largest absolute Gasteiger partial charge is 0.493 e. The molecule has 0 saturated heterocycles. The lowest BCUT2D eigenvalue weighted by Gasteiger charge is -2.26. The Kier molecular flexibility index (Phi) is 5.68. The highest BCUT2D eigenvalue weighted by molar-refractivity contribution is 5.92. The topological polar surface area (TPSA) is 105 Å². The molecule has 1 aliphatic carbocycles. The lowest BCUT2D eigenvalue weighted by Crippen LogP contribution is -2.28. The fourth-order valence-electron chi connectivity index (χ4n) is 3.13. The van der Waals surface area contributed by atoms with Crippen molar-refractivity contribution in [3.63, 3.8) is 0 Å². The summed E-state index contributed by atoms with van der Waals surface area (Å²) in [5, 5.41) is 22.3. The first-order valence-corrected chi connectivity index (χ1v) is 8.85. The Morgan fingerprint density at radius 2 is 2.04 bits per heavy atom. The van der Waals surface area contributed by atoms with E-state index in [9.17, 15) is 15.0 Å². The number of carboxylic acids is 1. The minimum Gasteiger partial charge on any atom is -0.493 e. The van der Waals surface area contributed by atoms with Crippen molar-refractivity contribution in [1.82, 2.24) is 9.97 Å². The van der Waals surface area contributed by atoms with Crippen LogP contribution in [0.4, 0.5) is 5.95 Å². The van der Waals surface area contributed by atoms with E-state index in [1.54, 1.807) is 30.5 Å². The molecule has 2 aromatic rings. The number of carbonyl (C=O) groups is 1. The van der Waals surface area contributed by atoms with Gasteiger partial charge in [0.25, 0.3) is 0 Å². The third kappa shape index (κ3) is 4.29. The van der Waals surface area contributed by atoms with Gasteiger partial charge in [-0.3, -0.25) is 0 Å². The molecule has 1 fully saturated rings. The number of aliphatic hydroxyl groups excluding tert-OH is 1. The van der Waals surface area contributed by atoms with Crippen molar-refractivity contribution in [2.45, 2.75) is 44.8 Å². The molecule has 26 heavy (non-hydrogen) atoms. The Hall–Kier alpha value is -2.67. The molecule has 1 aliphatic rings. The molecule has 1 heterocycles. The van der Waals surface area contributed by atoms with E-state index in [0.29, 0.717) is 29.6 Å². The first-order chi connectivity index (χ1) is 12.6. The minimum absolute atomic E-state index is 0.110. The summed E-state index contributed by atoms with van der Waals surface area (Å²) < 4.78 is 5.38. The molecule has 3 N–H and O–H groups in total. The summed E-state index contributed by atoms with van der Waals surface area (Å²) in [5.74, 6) is -0.185. The molecule has 0 atom stereocenters. The molecular formula is C19H23N3O4. The van der Waals surface area contributed by atoms with Gasteiger partial charge in [0.1, 0.15) is 11.3 Å². The number of aliphatic hydroxyl groups is 1. The van der Waals surface area contributed by atoms with Crippen LogP contribution >= 0.6 is 0 Å². The second-order valence-electron chi connectivity index (χ2n) is 6.36. The minimum atomic E-state index is -1.04. The lowest BCUT2D eigenvalue weighted by molar-refractivity contribution is 0.0692. The van der Waals surface area contributed by atoms with Crippen molar-refractivity contribution < 1.29 is 19.7 Å². The predicted octanol–water partition coefficient (Wildman–Crippen LogP) is 2.96. The SMILES string of the molecule is CCOc1ccc(-c2ccnc(NC3CCC(O)CC3)n2)cc1C(=O)O. The van der Waals surface area contributed by atoms with Crippen LogP contribution in [0.25, 0.3) is 11.3 Å². The van der Waals surface area contributed by atoms with Crippen LogP contribution in [0.15, 0.2) is 30.5 Å². The third-order valence-corrected chi connectivity index (χ3v) is 4.49. The highest BCUT2D eigenvalue weighted by Crippen LogP contribution is 2.27. The van der Waals surface area contributed by atoms with E-state index in [-0.39, 0.29) is 17.7 Å². The molecule has 0 aliphatic heterocycles. The maximum atomic E-state index is 11.5. The number of nitrogens with one attached hydrogen (secondary N) is 1. The molecule has 3 rings (SSSR count). The molecule has 0 bridgehead atoms. The van der Waals surface area contributed by atoms with E-state index in [4.69, 9.17) is 4.74 Å². The van der Waals surface area contributed by atoms with Crippen molar-refractivity contribution in [1.29, 1.82) is 0 Å². The Labute approximate surface area is 152 Å². The summed E-state index contributed by atoms with van der Waals surface area (Å²) in [6.07, 6.45) is 4.75. The first kappa shape index (κ1) is 18.1. The molecule has 0 amide bonds. The molecule has 1 aromatic heterocycles. The molecule has 0 unspecified atom stereocenters. The van der Waals surface area contributed by atoms with Crippen molar-refractivity contribution in [2.75, 3.05) is 11.9 Å². The zero-order valence-corrected chi connectivity index (χ0v) is 14.7. The van der Waals surface area contributed by atoms with Gasteiger partial charge in [0.2, 0.25) is 5.95 Å². The summed E-state index contributed by atoms with van der Waals surface area (Å²) in [6, 6.07) is 7.00. The van der Waals surface area contributed by atoms with E-state index in [2.05, 4.69) is 15.3 Å². The molecule has 0 spiro atoms. The van der Waals surface area contributed by atoms with Crippen LogP contribution in [-0.4, -0.2) is 44.9 Å².